The molecule has 0 aliphatic carbocycles. The van der Waals surface area contributed by atoms with E-state index in [9.17, 15) is 9.59 Å². The van der Waals surface area contributed by atoms with Crippen LogP contribution in [0.5, 0.6) is 5.75 Å². The first kappa shape index (κ1) is 19.7. The maximum absolute atomic E-state index is 11.8. The number of rotatable bonds is 9. The second kappa shape index (κ2) is 11.1. The van der Waals surface area contributed by atoms with Gasteiger partial charge in [0.25, 0.3) is 11.8 Å². The predicted molar refractivity (Wildman–Crippen MR) is 101 cm³/mol. The van der Waals surface area contributed by atoms with Gasteiger partial charge in [-0.05, 0) is 41.8 Å². The zero-order valence-electron chi connectivity index (χ0n) is 14.7. The van der Waals surface area contributed by atoms with E-state index in [4.69, 9.17) is 10.00 Å². The van der Waals surface area contributed by atoms with Gasteiger partial charge in [0.2, 0.25) is 0 Å². The summed E-state index contributed by atoms with van der Waals surface area (Å²) in [6.45, 7) is 0.492. The molecule has 0 aliphatic heterocycles. The summed E-state index contributed by atoms with van der Waals surface area (Å²) in [5.74, 6) is -0.0948. The minimum Gasteiger partial charge on any atom is -0.484 e. The van der Waals surface area contributed by atoms with Crippen LogP contribution in [0.2, 0.25) is 0 Å². The summed E-state index contributed by atoms with van der Waals surface area (Å²) in [7, 11) is 0. The Balaban J connectivity index is 1.68. The summed E-state index contributed by atoms with van der Waals surface area (Å²) in [5.41, 5.74) is 4.15. The van der Waals surface area contributed by atoms with Crippen LogP contribution in [-0.2, 0) is 16.0 Å². The highest BCUT2D eigenvalue weighted by atomic mass is 16.5. The molecule has 0 aliphatic rings. The molecule has 0 radical (unpaired) electrons. The molecular formula is C20H20N4O3. The third-order valence-electron chi connectivity index (χ3n) is 3.47. The number of nitrogens with zero attached hydrogens (tertiary/aromatic N) is 2. The summed E-state index contributed by atoms with van der Waals surface area (Å²) in [4.78, 5) is 22.9. The van der Waals surface area contributed by atoms with Crippen LogP contribution in [0, 0.1) is 11.3 Å². The Labute approximate surface area is 157 Å². The molecule has 0 atom stereocenters. The van der Waals surface area contributed by atoms with Crippen molar-refractivity contribution in [3.8, 4) is 11.8 Å². The third-order valence-corrected chi connectivity index (χ3v) is 3.47. The maximum Gasteiger partial charge on any atom is 0.257 e. The van der Waals surface area contributed by atoms with Gasteiger partial charge in [-0.25, -0.2) is 5.43 Å². The molecule has 0 bridgehead atoms. The lowest BCUT2D eigenvalue weighted by atomic mass is 10.1. The number of carbonyl (C=O) groups is 2. The zero-order valence-corrected chi connectivity index (χ0v) is 14.7. The molecule has 0 aromatic heterocycles. The summed E-state index contributed by atoms with van der Waals surface area (Å²) in [5, 5.41) is 14.9. The van der Waals surface area contributed by atoms with Gasteiger partial charge in [0.05, 0.1) is 12.3 Å². The molecule has 2 rings (SSSR count). The van der Waals surface area contributed by atoms with Gasteiger partial charge in [0.1, 0.15) is 12.2 Å². The Hall–Kier alpha value is -3.66. The van der Waals surface area contributed by atoms with Crippen LogP contribution in [0.15, 0.2) is 59.7 Å². The number of benzene rings is 2. The number of carbonyl (C=O) groups excluding carboxylic acids is 2. The van der Waals surface area contributed by atoms with Gasteiger partial charge in [0, 0.05) is 6.54 Å². The number of hydrogen-bond donors (Lipinski definition) is 2. The Morgan fingerprint density at radius 2 is 1.81 bits per heavy atom. The minimum absolute atomic E-state index is 0.0631. The van der Waals surface area contributed by atoms with Crippen molar-refractivity contribution in [2.45, 2.75) is 12.8 Å². The van der Waals surface area contributed by atoms with Crippen LogP contribution >= 0.6 is 0 Å². The van der Waals surface area contributed by atoms with Crippen molar-refractivity contribution in [2.24, 2.45) is 5.10 Å². The van der Waals surface area contributed by atoms with Gasteiger partial charge in [-0.1, -0.05) is 30.3 Å². The fourth-order valence-electron chi connectivity index (χ4n) is 2.13. The standard InChI is InChI=1S/C20H20N4O3/c21-12-10-19(25)24-23-14-17-6-8-18(9-7-17)27-15-20(26)22-13-11-16-4-2-1-3-5-16/h1-9,14H,10-11,13,15H2,(H,22,26)(H,24,25)/b23-14-. The van der Waals surface area contributed by atoms with E-state index < -0.39 is 5.91 Å². The Bertz CT molecular complexity index is 811. The lowest BCUT2D eigenvalue weighted by molar-refractivity contribution is -0.123. The summed E-state index contributed by atoms with van der Waals surface area (Å²) < 4.78 is 5.44. The number of amides is 2. The van der Waals surface area contributed by atoms with Gasteiger partial charge in [-0.15, -0.1) is 0 Å². The molecule has 0 heterocycles. The van der Waals surface area contributed by atoms with Crippen molar-refractivity contribution in [1.29, 1.82) is 5.26 Å². The smallest absolute Gasteiger partial charge is 0.257 e. The van der Waals surface area contributed by atoms with Crippen LogP contribution in [0.25, 0.3) is 0 Å². The summed E-state index contributed by atoms with van der Waals surface area (Å²) in [6, 6.07) is 18.5. The van der Waals surface area contributed by atoms with Crippen molar-refractivity contribution in [1.82, 2.24) is 10.7 Å². The molecule has 138 valence electrons. The van der Waals surface area contributed by atoms with E-state index in [1.54, 1.807) is 30.3 Å². The average molecular weight is 364 g/mol. The monoisotopic (exact) mass is 364 g/mol. The van der Waals surface area contributed by atoms with E-state index in [1.165, 1.54) is 11.8 Å². The number of nitrogens with one attached hydrogen (secondary N) is 2. The summed E-state index contributed by atoms with van der Waals surface area (Å²) >= 11 is 0. The number of nitriles is 1. The quantitative estimate of drug-likeness (QED) is 0.523. The minimum atomic E-state index is -0.466. The van der Waals surface area contributed by atoms with Crippen molar-refractivity contribution in [3.63, 3.8) is 0 Å². The van der Waals surface area contributed by atoms with Crippen molar-refractivity contribution in [2.75, 3.05) is 13.2 Å². The SMILES string of the molecule is N#CCC(=O)N/N=C\c1ccc(OCC(=O)NCCc2ccccc2)cc1. The van der Waals surface area contributed by atoms with E-state index in [-0.39, 0.29) is 18.9 Å². The van der Waals surface area contributed by atoms with Gasteiger partial charge < -0.3 is 10.1 Å². The predicted octanol–water partition coefficient (Wildman–Crippen LogP) is 1.79. The Morgan fingerprint density at radius 3 is 2.52 bits per heavy atom. The number of hydrazone groups is 1. The van der Waals surface area contributed by atoms with Gasteiger partial charge >= 0.3 is 0 Å². The molecule has 2 aromatic rings. The highest BCUT2D eigenvalue weighted by molar-refractivity contribution is 5.83. The van der Waals surface area contributed by atoms with E-state index >= 15 is 0 Å². The molecule has 7 heteroatoms. The topological polar surface area (TPSA) is 104 Å². The number of ether oxygens (including phenoxy) is 1. The van der Waals surface area contributed by atoms with Crippen molar-refractivity contribution in [3.05, 3.63) is 65.7 Å². The van der Waals surface area contributed by atoms with E-state index in [0.717, 1.165) is 12.0 Å². The lowest BCUT2D eigenvalue weighted by Gasteiger charge is -2.08. The molecule has 2 aromatic carbocycles. The van der Waals surface area contributed by atoms with Crippen LogP contribution in [0.3, 0.4) is 0 Å². The van der Waals surface area contributed by atoms with Gasteiger partial charge in [-0.3, -0.25) is 9.59 Å². The number of hydrogen-bond acceptors (Lipinski definition) is 5. The van der Waals surface area contributed by atoms with Crippen molar-refractivity contribution >= 4 is 18.0 Å². The van der Waals surface area contributed by atoms with Crippen LogP contribution < -0.4 is 15.5 Å². The second-order valence-electron chi connectivity index (χ2n) is 5.57. The Kier molecular flexibility index (Phi) is 8.05. The molecular weight excluding hydrogens is 344 g/mol. The van der Waals surface area contributed by atoms with Crippen LogP contribution in [0.1, 0.15) is 17.5 Å². The largest absolute Gasteiger partial charge is 0.484 e. The molecule has 0 fully saturated rings. The molecule has 0 unspecified atom stereocenters. The molecule has 0 saturated carbocycles. The molecule has 0 saturated heterocycles. The summed E-state index contributed by atoms with van der Waals surface area (Å²) in [6.07, 6.45) is 1.98. The fraction of sp³-hybridized carbons (Fsp3) is 0.200. The third kappa shape index (κ3) is 7.84. The van der Waals surface area contributed by atoms with E-state index in [2.05, 4.69) is 15.8 Å². The Morgan fingerprint density at radius 1 is 1.07 bits per heavy atom. The lowest BCUT2D eigenvalue weighted by Crippen LogP contribution is -2.30. The highest BCUT2D eigenvalue weighted by Crippen LogP contribution is 2.10. The van der Waals surface area contributed by atoms with Gasteiger partial charge in [-0.2, -0.15) is 10.4 Å². The zero-order chi connectivity index (χ0) is 19.3. The normalized spacial score (nSPS) is 10.2. The highest BCUT2D eigenvalue weighted by Gasteiger charge is 2.03. The molecule has 2 N–H and O–H groups in total. The molecule has 2 amide bonds. The van der Waals surface area contributed by atoms with Crippen LogP contribution in [0.4, 0.5) is 0 Å². The van der Waals surface area contributed by atoms with E-state index in [1.807, 2.05) is 30.3 Å². The maximum atomic E-state index is 11.8. The molecule has 0 spiro atoms. The first-order valence-electron chi connectivity index (χ1n) is 8.39. The van der Waals surface area contributed by atoms with Crippen LogP contribution in [-0.4, -0.2) is 31.2 Å². The molecule has 27 heavy (non-hydrogen) atoms. The second-order valence-corrected chi connectivity index (χ2v) is 5.57. The average Bonchev–Trinajstić information content (AvgIpc) is 2.68. The molecule has 7 nitrogen and oxygen atoms in total. The van der Waals surface area contributed by atoms with Crippen molar-refractivity contribution < 1.29 is 14.3 Å². The first-order chi connectivity index (χ1) is 13.2. The first-order valence-corrected chi connectivity index (χ1v) is 8.39. The van der Waals surface area contributed by atoms with E-state index in [0.29, 0.717) is 12.3 Å². The van der Waals surface area contributed by atoms with Gasteiger partial charge in [0.15, 0.2) is 6.61 Å². The fourth-order valence-corrected chi connectivity index (χ4v) is 2.13.